The molecule has 136 valence electrons. The number of para-hydroxylation sites is 1. The zero-order valence-corrected chi connectivity index (χ0v) is 16.0. The van der Waals surface area contributed by atoms with E-state index in [1.54, 1.807) is 0 Å². The Balaban J connectivity index is 0.00000208. The molecule has 5 heteroatoms. The molecule has 0 bridgehead atoms. The fourth-order valence-electron chi connectivity index (χ4n) is 3.93. The summed E-state index contributed by atoms with van der Waals surface area (Å²) in [6, 6.07) is 8.97. The topological polar surface area (TPSA) is 35.7 Å². The van der Waals surface area contributed by atoms with Gasteiger partial charge in [-0.05, 0) is 43.1 Å². The molecule has 24 heavy (non-hydrogen) atoms. The summed E-state index contributed by atoms with van der Waals surface area (Å²) in [5.41, 5.74) is 9.17. The quantitative estimate of drug-likeness (QED) is 0.882. The molecule has 3 rings (SSSR count). The summed E-state index contributed by atoms with van der Waals surface area (Å²) >= 11 is 0. The second kappa shape index (κ2) is 8.52. The highest BCUT2D eigenvalue weighted by Gasteiger charge is 2.32. The molecule has 2 aliphatic rings. The highest BCUT2D eigenvalue weighted by molar-refractivity contribution is 5.85. The van der Waals surface area contributed by atoms with Crippen molar-refractivity contribution < 1.29 is 0 Å². The summed E-state index contributed by atoms with van der Waals surface area (Å²) in [5, 5.41) is 0. The van der Waals surface area contributed by atoms with Gasteiger partial charge in [-0.15, -0.1) is 12.4 Å². The lowest BCUT2D eigenvalue weighted by Gasteiger charge is -2.37. The Bertz CT molecular complexity index is 516. The first kappa shape index (κ1) is 19.5. The Hall–Kier alpha value is -0.810. The van der Waals surface area contributed by atoms with E-state index in [2.05, 4.69) is 52.8 Å². The smallest absolute Gasteiger partial charge is 0.0412 e. The maximum Gasteiger partial charge on any atom is 0.0412 e. The van der Waals surface area contributed by atoms with Crippen molar-refractivity contribution in [1.82, 2.24) is 9.80 Å². The number of halogens is 1. The van der Waals surface area contributed by atoms with Crippen molar-refractivity contribution in [3.8, 4) is 0 Å². The van der Waals surface area contributed by atoms with E-state index in [0.29, 0.717) is 5.41 Å². The van der Waals surface area contributed by atoms with Crippen LogP contribution in [0.1, 0.15) is 25.8 Å². The van der Waals surface area contributed by atoms with E-state index in [1.807, 2.05) is 0 Å². The van der Waals surface area contributed by atoms with Crippen molar-refractivity contribution >= 4 is 18.1 Å². The second-order valence-corrected chi connectivity index (χ2v) is 7.53. The van der Waals surface area contributed by atoms with E-state index >= 15 is 0 Å². The van der Waals surface area contributed by atoms with E-state index in [1.165, 1.54) is 43.9 Å². The molecule has 4 nitrogen and oxygen atoms in total. The van der Waals surface area contributed by atoms with Crippen molar-refractivity contribution in [1.29, 1.82) is 0 Å². The number of likely N-dealkylation sites (N-methyl/N-ethyl adjacent to an activating group) is 1. The van der Waals surface area contributed by atoms with Crippen LogP contribution < -0.4 is 10.6 Å². The maximum atomic E-state index is 5.96. The second-order valence-electron chi connectivity index (χ2n) is 7.53. The lowest BCUT2D eigenvalue weighted by Crippen LogP contribution is -2.46. The first-order chi connectivity index (χ1) is 11.1. The van der Waals surface area contributed by atoms with Gasteiger partial charge in [0, 0.05) is 45.0 Å². The van der Waals surface area contributed by atoms with Crippen molar-refractivity contribution in [3.63, 3.8) is 0 Å². The molecule has 0 amide bonds. The fourth-order valence-corrected chi connectivity index (χ4v) is 3.93. The molecule has 0 aromatic heterocycles. The summed E-state index contributed by atoms with van der Waals surface area (Å²) < 4.78 is 0. The van der Waals surface area contributed by atoms with E-state index < -0.39 is 0 Å². The highest BCUT2D eigenvalue weighted by atomic mass is 35.5. The molecule has 2 N–H and O–H groups in total. The van der Waals surface area contributed by atoms with Gasteiger partial charge in [0.05, 0.1) is 0 Å². The third-order valence-electron chi connectivity index (χ3n) is 5.68. The van der Waals surface area contributed by atoms with Crippen LogP contribution in [0.2, 0.25) is 0 Å². The van der Waals surface area contributed by atoms with Gasteiger partial charge >= 0.3 is 0 Å². The van der Waals surface area contributed by atoms with Crippen molar-refractivity contribution in [3.05, 3.63) is 29.8 Å². The number of hydrogen-bond acceptors (Lipinski definition) is 4. The number of piperazine rings is 1. The molecule has 0 spiro atoms. The van der Waals surface area contributed by atoms with Crippen LogP contribution in [0.25, 0.3) is 0 Å². The van der Waals surface area contributed by atoms with E-state index in [0.717, 1.165) is 32.7 Å². The Morgan fingerprint density at radius 2 is 1.75 bits per heavy atom. The first-order valence-corrected chi connectivity index (χ1v) is 9.11. The number of nitrogens with zero attached hydrogens (tertiary/aromatic N) is 3. The van der Waals surface area contributed by atoms with Crippen LogP contribution in [-0.2, 0) is 6.54 Å². The van der Waals surface area contributed by atoms with Gasteiger partial charge in [-0.1, -0.05) is 32.0 Å². The molecule has 1 aromatic rings. The Kier molecular flexibility index (Phi) is 6.93. The molecule has 0 saturated carbocycles. The minimum atomic E-state index is 0. The third-order valence-corrected chi connectivity index (χ3v) is 5.68. The van der Waals surface area contributed by atoms with Crippen molar-refractivity contribution in [2.24, 2.45) is 11.1 Å². The van der Waals surface area contributed by atoms with E-state index in [4.69, 9.17) is 5.73 Å². The van der Waals surface area contributed by atoms with Crippen LogP contribution in [0.3, 0.4) is 0 Å². The number of likely N-dealkylation sites (tertiary alicyclic amines) is 1. The molecular weight excluding hydrogens is 320 g/mol. The molecule has 1 unspecified atom stereocenters. The highest BCUT2D eigenvalue weighted by Crippen LogP contribution is 2.31. The zero-order chi connectivity index (χ0) is 16.3. The Morgan fingerprint density at radius 3 is 2.38 bits per heavy atom. The van der Waals surface area contributed by atoms with Crippen molar-refractivity contribution in [2.75, 3.05) is 57.3 Å². The van der Waals surface area contributed by atoms with Gasteiger partial charge in [0.1, 0.15) is 0 Å². The third kappa shape index (κ3) is 4.42. The lowest BCUT2D eigenvalue weighted by atomic mass is 9.90. The monoisotopic (exact) mass is 352 g/mol. The molecule has 2 aliphatic heterocycles. The van der Waals surface area contributed by atoms with Crippen LogP contribution in [-0.4, -0.2) is 62.2 Å². The van der Waals surface area contributed by atoms with Crippen LogP contribution in [0.5, 0.6) is 0 Å². The molecule has 0 radical (unpaired) electrons. The number of benzene rings is 1. The molecule has 2 fully saturated rings. The van der Waals surface area contributed by atoms with Crippen LogP contribution >= 0.6 is 12.4 Å². The normalized spacial score (nSPS) is 25.7. The van der Waals surface area contributed by atoms with E-state index in [9.17, 15) is 0 Å². The summed E-state index contributed by atoms with van der Waals surface area (Å²) in [6.07, 6.45) is 1.22. The number of nitrogens with two attached hydrogens (primary N) is 1. The Labute approximate surface area is 153 Å². The molecule has 1 aromatic carbocycles. The molecule has 2 saturated heterocycles. The minimum Gasteiger partial charge on any atom is -0.369 e. The minimum absolute atomic E-state index is 0. The molecule has 2 heterocycles. The summed E-state index contributed by atoms with van der Waals surface area (Å²) in [5.74, 6) is 0. The van der Waals surface area contributed by atoms with Crippen LogP contribution in [0.15, 0.2) is 24.3 Å². The fraction of sp³-hybridized carbons (Fsp3) is 0.684. The Morgan fingerprint density at radius 1 is 1.04 bits per heavy atom. The first-order valence-electron chi connectivity index (χ1n) is 9.11. The summed E-state index contributed by atoms with van der Waals surface area (Å²) in [6.45, 7) is 14.5. The van der Waals surface area contributed by atoms with Gasteiger partial charge in [-0.2, -0.15) is 0 Å². The van der Waals surface area contributed by atoms with Crippen LogP contribution in [0.4, 0.5) is 5.69 Å². The average Bonchev–Trinajstić information content (AvgIpc) is 2.97. The number of hydrogen-bond donors (Lipinski definition) is 1. The van der Waals surface area contributed by atoms with Crippen molar-refractivity contribution in [2.45, 2.75) is 26.8 Å². The standard InChI is InChI=1S/C19H32N4.ClH/c1-3-21-10-12-23(13-11-21)18-7-5-4-6-17(18)14-22-9-8-19(2,15-20)16-22;/h4-7H,3,8-16,20H2,1-2H3;1H. The van der Waals surface area contributed by atoms with Gasteiger partial charge < -0.3 is 15.5 Å². The summed E-state index contributed by atoms with van der Waals surface area (Å²) in [7, 11) is 0. The molecular formula is C19H33ClN4. The van der Waals surface area contributed by atoms with Gasteiger partial charge in [-0.3, -0.25) is 4.90 Å². The largest absolute Gasteiger partial charge is 0.369 e. The number of anilines is 1. The average molecular weight is 353 g/mol. The SMILES string of the molecule is CCN1CCN(c2ccccc2CN2CCC(C)(CN)C2)CC1.Cl. The summed E-state index contributed by atoms with van der Waals surface area (Å²) in [4.78, 5) is 7.68. The maximum absolute atomic E-state index is 5.96. The van der Waals surface area contributed by atoms with Gasteiger partial charge in [0.15, 0.2) is 0 Å². The predicted octanol–water partition coefficient (Wildman–Crippen LogP) is 2.42. The van der Waals surface area contributed by atoms with E-state index in [-0.39, 0.29) is 12.4 Å². The predicted molar refractivity (Wildman–Crippen MR) is 105 cm³/mol. The van der Waals surface area contributed by atoms with Gasteiger partial charge in [0.2, 0.25) is 0 Å². The number of rotatable bonds is 5. The van der Waals surface area contributed by atoms with Gasteiger partial charge in [-0.25, -0.2) is 0 Å². The van der Waals surface area contributed by atoms with Gasteiger partial charge in [0.25, 0.3) is 0 Å². The lowest BCUT2D eigenvalue weighted by molar-refractivity contribution is 0.267. The zero-order valence-electron chi connectivity index (χ0n) is 15.2. The van der Waals surface area contributed by atoms with Crippen LogP contribution in [0, 0.1) is 5.41 Å². The molecule has 1 atom stereocenters. The molecule has 0 aliphatic carbocycles.